The topological polar surface area (TPSA) is 94.0 Å². The Morgan fingerprint density at radius 3 is 2.70 bits per heavy atom. The Hall–Kier alpha value is -2.46. The van der Waals surface area contributed by atoms with Gasteiger partial charge in [0.15, 0.2) is 0 Å². The summed E-state index contributed by atoms with van der Waals surface area (Å²) in [6.07, 6.45) is 2.62. The van der Waals surface area contributed by atoms with Gasteiger partial charge < -0.3 is 9.63 Å². The van der Waals surface area contributed by atoms with Gasteiger partial charge in [0.2, 0.25) is 0 Å². The van der Waals surface area contributed by atoms with Crippen LogP contribution in [0.3, 0.4) is 0 Å². The van der Waals surface area contributed by atoms with E-state index in [1.807, 2.05) is 0 Å². The zero-order valence-electron chi connectivity index (χ0n) is 14.7. The molecule has 1 aromatic carbocycles. The molecule has 10 heteroatoms. The van der Waals surface area contributed by atoms with Crippen LogP contribution in [-0.2, 0) is 28.7 Å². The first kappa shape index (κ1) is 19.3. The summed E-state index contributed by atoms with van der Waals surface area (Å²) in [7, 11) is -1.59. The first-order valence-electron chi connectivity index (χ1n) is 8.05. The first-order valence-corrected chi connectivity index (χ1v) is 9.54. The standard InChI is InChI=1S/C17H18F2N4O3S/c1-11-14(12(2)26-22-11)6-27(25)8-17(24,7-23-10-20-9-21-23)15-4-3-13(18)5-16(15)19/h3-5,9-10,24H,6-8H2,1-2H3. The van der Waals surface area contributed by atoms with Crippen LogP contribution in [0.25, 0.3) is 0 Å². The van der Waals surface area contributed by atoms with Crippen molar-refractivity contribution in [3.63, 3.8) is 0 Å². The van der Waals surface area contributed by atoms with Gasteiger partial charge >= 0.3 is 0 Å². The minimum atomic E-state index is -1.88. The van der Waals surface area contributed by atoms with E-state index >= 15 is 0 Å². The van der Waals surface area contributed by atoms with Gasteiger partial charge in [-0.3, -0.25) is 4.21 Å². The number of rotatable bonds is 7. The van der Waals surface area contributed by atoms with Crippen LogP contribution in [0.2, 0.25) is 0 Å². The Balaban J connectivity index is 1.91. The number of benzene rings is 1. The fourth-order valence-electron chi connectivity index (χ4n) is 2.84. The molecule has 0 aliphatic rings. The Morgan fingerprint density at radius 1 is 1.33 bits per heavy atom. The molecule has 3 rings (SSSR count). The minimum Gasteiger partial charge on any atom is -0.382 e. The van der Waals surface area contributed by atoms with Crippen molar-refractivity contribution >= 4 is 10.8 Å². The Labute approximate surface area is 156 Å². The quantitative estimate of drug-likeness (QED) is 0.657. The monoisotopic (exact) mass is 396 g/mol. The number of aryl methyl sites for hydroxylation is 2. The summed E-state index contributed by atoms with van der Waals surface area (Å²) in [5.74, 6) is -1.36. The normalized spacial score (nSPS) is 14.9. The van der Waals surface area contributed by atoms with Gasteiger partial charge in [-0.05, 0) is 19.9 Å². The summed E-state index contributed by atoms with van der Waals surface area (Å²) in [6.45, 7) is 3.24. The molecule has 0 aliphatic heterocycles. The number of aromatic nitrogens is 4. The molecule has 2 atom stereocenters. The van der Waals surface area contributed by atoms with Crippen molar-refractivity contribution in [3.05, 3.63) is 65.1 Å². The molecule has 0 bridgehead atoms. The third-order valence-corrected chi connectivity index (χ3v) is 5.62. The van der Waals surface area contributed by atoms with Crippen LogP contribution in [0, 0.1) is 25.5 Å². The Morgan fingerprint density at radius 2 is 2.11 bits per heavy atom. The smallest absolute Gasteiger partial charge is 0.138 e. The highest BCUT2D eigenvalue weighted by Crippen LogP contribution is 2.29. The maximum atomic E-state index is 14.4. The Bertz CT molecular complexity index is 942. The van der Waals surface area contributed by atoms with Crippen LogP contribution < -0.4 is 0 Å². The SMILES string of the molecule is Cc1noc(C)c1CS(=O)CC(O)(Cn1cncn1)c1ccc(F)cc1F. The Kier molecular flexibility index (Phi) is 5.47. The van der Waals surface area contributed by atoms with Crippen molar-refractivity contribution < 1.29 is 22.6 Å². The number of hydrogen-bond acceptors (Lipinski definition) is 6. The van der Waals surface area contributed by atoms with E-state index in [1.54, 1.807) is 13.8 Å². The van der Waals surface area contributed by atoms with E-state index in [9.17, 15) is 18.1 Å². The molecule has 0 aliphatic carbocycles. The zero-order chi connectivity index (χ0) is 19.6. The number of halogens is 2. The maximum absolute atomic E-state index is 14.4. The fraction of sp³-hybridized carbons (Fsp3) is 0.353. The summed E-state index contributed by atoms with van der Waals surface area (Å²) >= 11 is 0. The summed E-state index contributed by atoms with van der Waals surface area (Å²) < 4.78 is 46.8. The highest BCUT2D eigenvalue weighted by atomic mass is 32.2. The van der Waals surface area contributed by atoms with Crippen LogP contribution in [0.1, 0.15) is 22.6 Å². The predicted octanol–water partition coefficient (Wildman–Crippen LogP) is 2.00. The number of aliphatic hydroxyl groups is 1. The van der Waals surface area contributed by atoms with Gasteiger partial charge in [0.25, 0.3) is 0 Å². The van der Waals surface area contributed by atoms with Gasteiger partial charge in [0.05, 0.1) is 23.7 Å². The predicted molar refractivity (Wildman–Crippen MR) is 93.0 cm³/mol. The van der Waals surface area contributed by atoms with Crippen molar-refractivity contribution in [2.75, 3.05) is 5.75 Å². The van der Waals surface area contributed by atoms with Crippen LogP contribution in [0.4, 0.5) is 8.78 Å². The van der Waals surface area contributed by atoms with E-state index in [2.05, 4.69) is 15.2 Å². The van der Waals surface area contributed by atoms with Gasteiger partial charge in [-0.2, -0.15) is 5.10 Å². The molecule has 2 aromatic heterocycles. The summed E-state index contributed by atoms with van der Waals surface area (Å²) in [5.41, 5.74) is -0.758. The van der Waals surface area contributed by atoms with Gasteiger partial charge in [-0.1, -0.05) is 11.2 Å². The first-order chi connectivity index (χ1) is 12.8. The van der Waals surface area contributed by atoms with Crippen molar-refractivity contribution in [1.82, 2.24) is 19.9 Å². The molecule has 0 spiro atoms. The molecule has 2 heterocycles. The van der Waals surface area contributed by atoms with Crippen LogP contribution in [0.15, 0.2) is 35.4 Å². The van der Waals surface area contributed by atoms with Crippen molar-refractivity contribution in [2.45, 2.75) is 31.7 Å². The van der Waals surface area contributed by atoms with E-state index in [4.69, 9.17) is 4.52 Å². The highest BCUT2D eigenvalue weighted by molar-refractivity contribution is 7.84. The van der Waals surface area contributed by atoms with Gasteiger partial charge in [0.1, 0.15) is 35.7 Å². The third-order valence-electron chi connectivity index (χ3n) is 4.21. The second-order valence-corrected chi connectivity index (χ2v) is 7.74. The molecule has 0 radical (unpaired) electrons. The second-order valence-electron chi connectivity index (χ2n) is 6.28. The molecule has 0 fully saturated rings. The average molecular weight is 396 g/mol. The van der Waals surface area contributed by atoms with Crippen molar-refractivity contribution in [1.29, 1.82) is 0 Å². The van der Waals surface area contributed by atoms with Gasteiger partial charge in [-0.15, -0.1) is 0 Å². The van der Waals surface area contributed by atoms with Gasteiger partial charge in [0, 0.05) is 28.0 Å². The van der Waals surface area contributed by atoms with Crippen LogP contribution in [-0.4, -0.2) is 35.0 Å². The van der Waals surface area contributed by atoms with Crippen LogP contribution in [0.5, 0.6) is 0 Å². The molecule has 0 saturated heterocycles. The molecule has 2 unspecified atom stereocenters. The van der Waals surface area contributed by atoms with Crippen molar-refractivity contribution in [2.24, 2.45) is 0 Å². The summed E-state index contributed by atoms with van der Waals surface area (Å²) in [4.78, 5) is 3.79. The van der Waals surface area contributed by atoms with E-state index < -0.39 is 28.0 Å². The fourth-order valence-corrected chi connectivity index (χ4v) is 4.46. The van der Waals surface area contributed by atoms with E-state index in [-0.39, 0.29) is 23.6 Å². The molecule has 144 valence electrons. The molecule has 7 nitrogen and oxygen atoms in total. The van der Waals surface area contributed by atoms with Gasteiger partial charge in [-0.25, -0.2) is 18.4 Å². The lowest BCUT2D eigenvalue weighted by molar-refractivity contribution is 0.0351. The van der Waals surface area contributed by atoms with Crippen LogP contribution >= 0.6 is 0 Å². The third kappa shape index (κ3) is 4.28. The molecule has 27 heavy (non-hydrogen) atoms. The summed E-state index contributed by atoms with van der Waals surface area (Å²) in [6, 6.07) is 2.87. The van der Waals surface area contributed by atoms with Crippen molar-refractivity contribution in [3.8, 4) is 0 Å². The number of nitrogens with zero attached hydrogens (tertiary/aromatic N) is 4. The lowest BCUT2D eigenvalue weighted by Crippen LogP contribution is -2.38. The molecule has 3 aromatic rings. The second kappa shape index (κ2) is 7.65. The lowest BCUT2D eigenvalue weighted by Gasteiger charge is -2.28. The molecular formula is C17H18F2N4O3S. The highest BCUT2D eigenvalue weighted by Gasteiger charge is 2.36. The zero-order valence-corrected chi connectivity index (χ0v) is 15.5. The molecule has 1 N–H and O–H groups in total. The average Bonchev–Trinajstić information content (AvgIpc) is 3.19. The van der Waals surface area contributed by atoms with E-state index in [1.165, 1.54) is 17.3 Å². The molecule has 0 amide bonds. The maximum Gasteiger partial charge on any atom is 0.138 e. The largest absolute Gasteiger partial charge is 0.382 e. The van der Waals surface area contributed by atoms with E-state index in [0.717, 1.165) is 12.1 Å². The lowest BCUT2D eigenvalue weighted by atomic mass is 9.95. The number of hydrogen-bond donors (Lipinski definition) is 1. The molecular weight excluding hydrogens is 378 g/mol. The molecule has 0 saturated carbocycles. The minimum absolute atomic E-state index is 0.0870. The summed E-state index contributed by atoms with van der Waals surface area (Å²) in [5, 5.41) is 18.9. The van der Waals surface area contributed by atoms with E-state index in [0.29, 0.717) is 23.1 Å².